The third-order valence-corrected chi connectivity index (χ3v) is 2.57. The highest BCUT2D eigenvalue weighted by atomic mass is 16.5. The van der Waals surface area contributed by atoms with Crippen molar-refractivity contribution in [2.24, 2.45) is 5.41 Å². The van der Waals surface area contributed by atoms with Crippen molar-refractivity contribution in [1.82, 2.24) is 0 Å². The maximum absolute atomic E-state index is 5.29. The molecular weight excluding hydrogens is 136 g/mol. The fourth-order valence-electron chi connectivity index (χ4n) is 1.49. The summed E-state index contributed by atoms with van der Waals surface area (Å²) < 4.78 is 5.29. The number of hydrogen-bond donors (Lipinski definition) is 0. The Balaban J connectivity index is 2.32. The molecule has 0 aromatic carbocycles. The monoisotopic (exact) mass is 152 g/mol. The molecule has 0 atom stereocenters. The van der Waals surface area contributed by atoms with Crippen molar-refractivity contribution in [1.29, 1.82) is 0 Å². The maximum Gasteiger partial charge on any atom is 0.0471 e. The molecule has 1 rings (SSSR count). The zero-order valence-corrected chi connectivity index (χ0v) is 7.23. The molecule has 1 fully saturated rings. The predicted molar refractivity (Wildman–Crippen MR) is 46.2 cm³/mol. The molecule has 0 N–H and O–H groups in total. The van der Waals surface area contributed by atoms with Crippen molar-refractivity contribution in [2.75, 3.05) is 13.2 Å². The van der Waals surface area contributed by atoms with Gasteiger partial charge in [-0.1, -0.05) is 6.92 Å². The normalized spacial score (nSPS) is 22.5. The summed E-state index contributed by atoms with van der Waals surface area (Å²) in [5.74, 6) is 2.70. The molecule has 1 aliphatic heterocycles. The van der Waals surface area contributed by atoms with E-state index in [2.05, 4.69) is 12.8 Å². The first-order valence-corrected chi connectivity index (χ1v) is 4.28. The number of ether oxygens (including phenoxy) is 1. The summed E-state index contributed by atoms with van der Waals surface area (Å²) in [6.45, 7) is 4.15. The molecule has 0 spiro atoms. The summed E-state index contributed by atoms with van der Waals surface area (Å²) in [4.78, 5) is 0. The molecule has 0 amide bonds. The van der Waals surface area contributed by atoms with Crippen LogP contribution in [0, 0.1) is 17.8 Å². The van der Waals surface area contributed by atoms with Crippen LogP contribution in [0.1, 0.15) is 32.6 Å². The Morgan fingerprint density at radius 1 is 1.45 bits per heavy atom. The van der Waals surface area contributed by atoms with Gasteiger partial charge in [0.25, 0.3) is 0 Å². The first-order chi connectivity index (χ1) is 5.27. The third-order valence-electron chi connectivity index (χ3n) is 2.57. The molecule has 0 bridgehead atoms. The van der Waals surface area contributed by atoms with Crippen molar-refractivity contribution >= 4 is 0 Å². The van der Waals surface area contributed by atoms with E-state index in [0.29, 0.717) is 5.41 Å². The van der Waals surface area contributed by atoms with E-state index in [1.807, 2.05) is 0 Å². The summed E-state index contributed by atoms with van der Waals surface area (Å²) in [5.41, 5.74) is 0.463. The molecule has 1 heterocycles. The number of hydrogen-bond acceptors (Lipinski definition) is 1. The van der Waals surface area contributed by atoms with Crippen LogP contribution in [0.3, 0.4) is 0 Å². The van der Waals surface area contributed by atoms with Gasteiger partial charge in [-0.25, -0.2) is 0 Å². The molecule has 11 heavy (non-hydrogen) atoms. The molecule has 1 aliphatic rings. The molecule has 0 aliphatic carbocycles. The molecule has 0 saturated carbocycles. The number of terminal acetylenes is 1. The van der Waals surface area contributed by atoms with Gasteiger partial charge in [0.1, 0.15) is 0 Å². The SMILES string of the molecule is C#CCCC1(C)CCOCC1. The van der Waals surface area contributed by atoms with Gasteiger partial charge >= 0.3 is 0 Å². The van der Waals surface area contributed by atoms with Crippen LogP contribution >= 0.6 is 0 Å². The zero-order chi connectivity index (χ0) is 8.16. The van der Waals surface area contributed by atoms with Gasteiger partial charge < -0.3 is 4.74 Å². The second-order valence-electron chi connectivity index (χ2n) is 3.63. The lowest BCUT2D eigenvalue weighted by Crippen LogP contribution is -2.26. The molecular formula is C10H16O. The van der Waals surface area contributed by atoms with Crippen LogP contribution in [-0.4, -0.2) is 13.2 Å². The highest BCUT2D eigenvalue weighted by Gasteiger charge is 2.26. The highest BCUT2D eigenvalue weighted by molar-refractivity contribution is 4.88. The Labute approximate surface area is 69.1 Å². The minimum Gasteiger partial charge on any atom is -0.381 e. The average molecular weight is 152 g/mol. The van der Waals surface area contributed by atoms with Crippen molar-refractivity contribution in [3.05, 3.63) is 0 Å². The van der Waals surface area contributed by atoms with Gasteiger partial charge in [-0.2, -0.15) is 0 Å². The topological polar surface area (TPSA) is 9.23 Å². The lowest BCUT2D eigenvalue weighted by molar-refractivity contribution is 0.0205. The first-order valence-electron chi connectivity index (χ1n) is 4.28. The smallest absolute Gasteiger partial charge is 0.0471 e. The first kappa shape index (κ1) is 8.62. The van der Waals surface area contributed by atoms with Gasteiger partial charge in [-0.3, -0.25) is 0 Å². The van der Waals surface area contributed by atoms with Crippen molar-refractivity contribution in [3.8, 4) is 12.3 Å². The minimum atomic E-state index is 0.463. The molecule has 1 saturated heterocycles. The average Bonchev–Trinajstić information content (AvgIpc) is 2.03. The van der Waals surface area contributed by atoms with Crippen molar-refractivity contribution < 1.29 is 4.74 Å². The predicted octanol–water partition coefficient (Wildman–Crippen LogP) is 2.22. The second-order valence-corrected chi connectivity index (χ2v) is 3.63. The Morgan fingerprint density at radius 2 is 2.09 bits per heavy atom. The Kier molecular flexibility index (Phi) is 2.96. The molecule has 1 heteroatoms. The van der Waals surface area contributed by atoms with E-state index >= 15 is 0 Å². The molecule has 62 valence electrons. The van der Waals surface area contributed by atoms with E-state index < -0.39 is 0 Å². The van der Waals surface area contributed by atoms with Crippen LogP contribution in [0.4, 0.5) is 0 Å². The summed E-state index contributed by atoms with van der Waals surface area (Å²) in [6.07, 6.45) is 9.65. The lowest BCUT2D eigenvalue weighted by Gasteiger charge is -2.32. The Bertz CT molecular complexity index is 149. The van der Waals surface area contributed by atoms with Gasteiger partial charge in [0.15, 0.2) is 0 Å². The van der Waals surface area contributed by atoms with E-state index in [1.165, 1.54) is 12.8 Å². The summed E-state index contributed by atoms with van der Waals surface area (Å²) in [5, 5.41) is 0. The van der Waals surface area contributed by atoms with Crippen LogP contribution in [0.2, 0.25) is 0 Å². The molecule has 0 radical (unpaired) electrons. The Morgan fingerprint density at radius 3 is 2.64 bits per heavy atom. The Hall–Kier alpha value is -0.480. The largest absolute Gasteiger partial charge is 0.381 e. The zero-order valence-electron chi connectivity index (χ0n) is 7.23. The van der Waals surface area contributed by atoms with Gasteiger partial charge in [0, 0.05) is 19.6 Å². The van der Waals surface area contributed by atoms with Crippen LogP contribution in [0.5, 0.6) is 0 Å². The van der Waals surface area contributed by atoms with Gasteiger partial charge in [-0.15, -0.1) is 12.3 Å². The quantitative estimate of drug-likeness (QED) is 0.551. The summed E-state index contributed by atoms with van der Waals surface area (Å²) >= 11 is 0. The molecule has 1 nitrogen and oxygen atoms in total. The third kappa shape index (κ3) is 2.55. The fraction of sp³-hybridized carbons (Fsp3) is 0.800. The molecule has 0 unspecified atom stereocenters. The van der Waals surface area contributed by atoms with Crippen molar-refractivity contribution in [2.45, 2.75) is 32.6 Å². The second kappa shape index (κ2) is 3.78. The van der Waals surface area contributed by atoms with Crippen molar-refractivity contribution in [3.63, 3.8) is 0 Å². The highest BCUT2D eigenvalue weighted by Crippen LogP contribution is 2.34. The molecule has 0 aromatic heterocycles. The van der Waals surface area contributed by atoms with Gasteiger partial charge in [-0.05, 0) is 24.7 Å². The van der Waals surface area contributed by atoms with E-state index in [0.717, 1.165) is 26.1 Å². The van der Waals surface area contributed by atoms with Gasteiger partial charge in [0.05, 0.1) is 0 Å². The van der Waals surface area contributed by atoms with E-state index in [1.54, 1.807) is 0 Å². The maximum atomic E-state index is 5.29. The van der Waals surface area contributed by atoms with E-state index in [4.69, 9.17) is 11.2 Å². The van der Waals surface area contributed by atoms with Crippen LogP contribution in [0.25, 0.3) is 0 Å². The van der Waals surface area contributed by atoms with Crippen LogP contribution in [-0.2, 0) is 4.74 Å². The van der Waals surface area contributed by atoms with E-state index in [-0.39, 0.29) is 0 Å². The van der Waals surface area contributed by atoms with Crippen LogP contribution in [0.15, 0.2) is 0 Å². The van der Waals surface area contributed by atoms with E-state index in [9.17, 15) is 0 Å². The van der Waals surface area contributed by atoms with Gasteiger partial charge in [0.2, 0.25) is 0 Å². The fourth-order valence-corrected chi connectivity index (χ4v) is 1.49. The standard InChI is InChI=1S/C10H16O/c1-3-4-5-10(2)6-8-11-9-7-10/h1H,4-9H2,2H3. The number of rotatable bonds is 2. The van der Waals surface area contributed by atoms with Crippen LogP contribution < -0.4 is 0 Å². The minimum absolute atomic E-state index is 0.463. The molecule has 0 aromatic rings. The summed E-state index contributed by atoms with van der Waals surface area (Å²) in [6, 6.07) is 0. The lowest BCUT2D eigenvalue weighted by atomic mass is 9.78. The summed E-state index contributed by atoms with van der Waals surface area (Å²) in [7, 11) is 0.